The second-order valence-electron chi connectivity index (χ2n) is 6.11. The molecule has 1 heteroatoms. The zero-order valence-corrected chi connectivity index (χ0v) is 11.6. The van der Waals surface area contributed by atoms with Gasteiger partial charge in [-0.3, -0.25) is 0 Å². The van der Waals surface area contributed by atoms with E-state index in [1.54, 1.807) is 11.1 Å². The standard InChI is InChI=1S/C17H23N/c1-11-8-14(10-18-9-11)16-7-6-15-12(2)4-5-17(15)13(16)3/h6-7,11,14,18H,2,4-5,8-10H2,1,3H3. The SMILES string of the molecule is C=C1CCc2c1ccc(C1CNCC(C)C1)c2C. The average molecular weight is 241 g/mol. The average Bonchev–Trinajstić information content (AvgIpc) is 2.73. The lowest BCUT2D eigenvalue weighted by atomic mass is 9.82. The van der Waals surface area contributed by atoms with Gasteiger partial charge in [-0.2, -0.15) is 0 Å². The van der Waals surface area contributed by atoms with Crippen LogP contribution in [-0.4, -0.2) is 13.1 Å². The number of hydrogen-bond acceptors (Lipinski definition) is 1. The van der Waals surface area contributed by atoms with E-state index in [1.807, 2.05) is 0 Å². The van der Waals surface area contributed by atoms with Crippen LogP contribution in [0.4, 0.5) is 0 Å². The number of benzene rings is 1. The van der Waals surface area contributed by atoms with E-state index in [9.17, 15) is 0 Å². The highest BCUT2D eigenvalue weighted by Crippen LogP contribution is 2.37. The first-order valence-electron chi connectivity index (χ1n) is 7.18. The first-order valence-corrected chi connectivity index (χ1v) is 7.18. The van der Waals surface area contributed by atoms with Crippen LogP contribution in [0.2, 0.25) is 0 Å². The summed E-state index contributed by atoms with van der Waals surface area (Å²) < 4.78 is 0. The highest BCUT2D eigenvalue weighted by atomic mass is 14.9. The quantitative estimate of drug-likeness (QED) is 0.791. The molecule has 1 aromatic rings. The molecular formula is C17H23N. The first kappa shape index (κ1) is 12.0. The Morgan fingerprint density at radius 1 is 1.22 bits per heavy atom. The van der Waals surface area contributed by atoms with Gasteiger partial charge in [-0.05, 0) is 72.4 Å². The van der Waals surface area contributed by atoms with Crippen LogP contribution >= 0.6 is 0 Å². The summed E-state index contributed by atoms with van der Waals surface area (Å²) in [4.78, 5) is 0. The summed E-state index contributed by atoms with van der Waals surface area (Å²) in [6.07, 6.45) is 3.68. The number of nitrogens with one attached hydrogen (secondary N) is 1. The zero-order valence-electron chi connectivity index (χ0n) is 11.6. The molecule has 2 atom stereocenters. The lowest BCUT2D eigenvalue weighted by Gasteiger charge is -2.29. The lowest BCUT2D eigenvalue weighted by Crippen LogP contribution is -2.34. The lowest BCUT2D eigenvalue weighted by molar-refractivity contribution is 0.363. The Bertz CT molecular complexity index is 487. The fourth-order valence-electron chi connectivity index (χ4n) is 3.67. The van der Waals surface area contributed by atoms with Crippen LogP contribution in [0.5, 0.6) is 0 Å². The fraction of sp³-hybridized carbons (Fsp3) is 0.529. The maximum Gasteiger partial charge on any atom is 0.00204 e. The Labute approximate surface area is 110 Å². The Kier molecular flexibility index (Phi) is 3.03. The van der Waals surface area contributed by atoms with Gasteiger partial charge in [0, 0.05) is 6.54 Å². The van der Waals surface area contributed by atoms with Crippen LogP contribution in [0.1, 0.15) is 47.9 Å². The minimum atomic E-state index is 0.702. The summed E-state index contributed by atoms with van der Waals surface area (Å²) in [5, 5.41) is 3.57. The van der Waals surface area contributed by atoms with Crippen molar-refractivity contribution >= 4 is 5.57 Å². The Hall–Kier alpha value is -1.08. The number of fused-ring (bicyclic) bond motifs is 1. The van der Waals surface area contributed by atoms with E-state index in [4.69, 9.17) is 0 Å². The van der Waals surface area contributed by atoms with Gasteiger partial charge in [0.05, 0.1) is 0 Å². The molecule has 1 saturated heterocycles. The van der Waals surface area contributed by atoms with E-state index >= 15 is 0 Å². The third-order valence-electron chi connectivity index (χ3n) is 4.71. The summed E-state index contributed by atoms with van der Waals surface area (Å²) >= 11 is 0. The van der Waals surface area contributed by atoms with Crippen LogP contribution in [0, 0.1) is 12.8 Å². The smallest absolute Gasteiger partial charge is 0.00204 e. The van der Waals surface area contributed by atoms with Crippen LogP contribution < -0.4 is 5.32 Å². The van der Waals surface area contributed by atoms with Crippen LogP contribution in [0.25, 0.3) is 5.57 Å². The molecule has 18 heavy (non-hydrogen) atoms. The minimum Gasteiger partial charge on any atom is -0.316 e. The Morgan fingerprint density at radius 2 is 2.06 bits per heavy atom. The molecule has 0 saturated carbocycles. The van der Waals surface area contributed by atoms with Crippen molar-refractivity contribution in [3.8, 4) is 0 Å². The van der Waals surface area contributed by atoms with Gasteiger partial charge >= 0.3 is 0 Å². The zero-order chi connectivity index (χ0) is 12.7. The van der Waals surface area contributed by atoms with E-state index in [2.05, 4.69) is 37.9 Å². The number of allylic oxidation sites excluding steroid dienone is 1. The normalized spacial score (nSPS) is 27.3. The van der Waals surface area contributed by atoms with Crippen molar-refractivity contribution in [2.45, 2.75) is 39.0 Å². The molecule has 1 aliphatic carbocycles. The van der Waals surface area contributed by atoms with E-state index in [-0.39, 0.29) is 0 Å². The molecule has 0 amide bonds. The summed E-state index contributed by atoms with van der Waals surface area (Å²) in [6.45, 7) is 11.2. The van der Waals surface area contributed by atoms with Gasteiger partial charge in [0.25, 0.3) is 0 Å². The number of hydrogen-bond donors (Lipinski definition) is 1. The molecule has 0 radical (unpaired) electrons. The van der Waals surface area contributed by atoms with Crippen LogP contribution in [0.3, 0.4) is 0 Å². The van der Waals surface area contributed by atoms with Gasteiger partial charge < -0.3 is 5.32 Å². The van der Waals surface area contributed by atoms with Crippen molar-refractivity contribution in [3.63, 3.8) is 0 Å². The van der Waals surface area contributed by atoms with Gasteiger partial charge in [0.15, 0.2) is 0 Å². The fourth-order valence-corrected chi connectivity index (χ4v) is 3.67. The first-order chi connectivity index (χ1) is 8.66. The van der Waals surface area contributed by atoms with Gasteiger partial charge in [-0.15, -0.1) is 0 Å². The molecule has 1 aliphatic heterocycles. The molecule has 2 aliphatic rings. The van der Waals surface area contributed by atoms with Crippen molar-refractivity contribution in [2.75, 3.05) is 13.1 Å². The van der Waals surface area contributed by atoms with Gasteiger partial charge in [0.2, 0.25) is 0 Å². The molecule has 2 unspecified atom stereocenters. The third-order valence-corrected chi connectivity index (χ3v) is 4.71. The van der Waals surface area contributed by atoms with Crippen LogP contribution in [-0.2, 0) is 6.42 Å². The minimum absolute atomic E-state index is 0.702. The second-order valence-corrected chi connectivity index (χ2v) is 6.11. The number of rotatable bonds is 1. The molecule has 0 aromatic heterocycles. The largest absolute Gasteiger partial charge is 0.316 e. The topological polar surface area (TPSA) is 12.0 Å². The molecule has 0 bridgehead atoms. The molecular weight excluding hydrogens is 218 g/mol. The van der Waals surface area contributed by atoms with E-state index in [0.29, 0.717) is 5.92 Å². The Morgan fingerprint density at radius 3 is 2.83 bits per heavy atom. The van der Waals surface area contributed by atoms with E-state index < -0.39 is 0 Å². The van der Waals surface area contributed by atoms with Crippen LogP contribution in [0.15, 0.2) is 18.7 Å². The molecule has 96 valence electrons. The number of piperidine rings is 1. The molecule has 1 heterocycles. The van der Waals surface area contributed by atoms with Crippen molar-refractivity contribution in [2.24, 2.45) is 5.92 Å². The highest BCUT2D eigenvalue weighted by Gasteiger charge is 2.24. The predicted octanol–water partition coefficient (Wildman–Crippen LogP) is 3.67. The molecule has 1 aromatic carbocycles. The molecule has 0 spiro atoms. The predicted molar refractivity (Wildman–Crippen MR) is 77.9 cm³/mol. The monoisotopic (exact) mass is 241 g/mol. The third kappa shape index (κ3) is 1.91. The second kappa shape index (κ2) is 4.55. The van der Waals surface area contributed by atoms with E-state index in [1.165, 1.54) is 36.1 Å². The van der Waals surface area contributed by atoms with Crippen molar-refractivity contribution in [1.82, 2.24) is 5.32 Å². The molecule has 3 rings (SSSR count). The van der Waals surface area contributed by atoms with Crippen molar-refractivity contribution in [3.05, 3.63) is 41.0 Å². The van der Waals surface area contributed by atoms with Gasteiger partial charge in [-0.1, -0.05) is 25.6 Å². The molecule has 1 N–H and O–H groups in total. The summed E-state index contributed by atoms with van der Waals surface area (Å²) in [6, 6.07) is 4.67. The van der Waals surface area contributed by atoms with E-state index in [0.717, 1.165) is 18.9 Å². The maximum absolute atomic E-state index is 4.18. The molecule has 1 fully saturated rings. The maximum atomic E-state index is 4.18. The summed E-state index contributed by atoms with van der Waals surface area (Å²) in [7, 11) is 0. The van der Waals surface area contributed by atoms with Crippen molar-refractivity contribution < 1.29 is 0 Å². The van der Waals surface area contributed by atoms with Gasteiger partial charge in [0.1, 0.15) is 0 Å². The Balaban J connectivity index is 1.96. The van der Waals surface area contributed by atoms with Crippen molar-refractivity contribution in [1.29, 1.82) is 0 Å². The highest BCUT2D eigenvalue weighted by molar-refractivity contribution is 5.72. The summed E-state index contributed by atoms with van der Waals surface area (Å²) in [5.74, 6) is 1.50. The molecule has 1 nitrogen and oxygen atoms in total. The van der Waals surface area contributed by atoms with Gasteiger partial charge in [-0.25, -0.2) is 0 Å². The summed E-state index contributed by atoms with van der Waals surface area (Å²) in [5.41, 5.74) is 7.42.